The smallest absolute Gasteiger partial charge is 0.242 e. The second-order valence-corrected chi connectivity index (χ2v) is 5.64. The Kier molecular flexibility index (Phi) is 4.57. The zero-order valence-electron chi connectivity index (χ0n) is 11.0. The minimum atomic E-state index is -0.497. The zero-order valence-corrected chi connectivity index (χ0v) is 11.7. The molecule has 0 saturated carbocycles. The number of carbonyl (C=O) groups is 1. The van der Waals surface area contributed by atoms with Gasteiger partial charge >= 0.3 is 0 Å². The van der Waals surface area contributed by atoms with Crippen LogP contribution in [0.1, 0.15) is 27.7 Å². The summed E-state index contributed by atoms with van der Waals surface area (Å²) in [5.74, 6) is -0.562. The van der Waals surface area contributed by atoms with E-state index in [9.17, 15) is 9.18 Å². The third kappa shape index (κ3) is 4.53. The van der Waals surface area contributed by atoms with Crippen LogP contribution in [0.2, 0.25) is 5.02 Å². The van der Waals surface area contributed by atoms with Crippen molar-refractivity contribution in [3.05, 3.63) is 29.0 Å². The lowest BCUT2D eigenvalue weighted by molar-refractivity contribution is -0.122. The fourth-order valence-electron chi connectivity index (χ4n) is 1.38. The number of rotatable bonds is 3. The summed E-state index contributed by atoms with van der Waals surface area (Å²) in [6.07, 6.45) is 0. The molecule has 1 aromatic rings. The molecule has 0 aliphatic heterocycles. The van der Waals surface area contributed by atoms with E-state index in [1.165, 1.54) is 18.2 Å². The highest BCUT2D eigenvalue weighted by atomic mass is 35.5. The largest absolute Gasteiger partial charge is 0.373 e. The molecule has 0 fully saturated rings. The van der Waals surface area contributed by atoms with Crippen molar-refractivity contribution in [2.45, 2.75) is 39.3 Å². The summed E-state index contributed by atoms with van der Waals surface area (Å²) < 4.78 is 13.1. The number of benzene rings is 1. The summed E-state index contributed by atoms with van der Waals surface area (Å²) in [5.41, 5.74) is 0.104. The molecule has 5 heteroatoms. The van der Waals surface area contributed by atoms with Crippen LogP contribution in [0.3, 0.4) is 0 Å². The molecule has 18 heavy (non-hydrogen) atoms. The molecule has 3 nitrogen and oxygen atoms in total. The standard InChI is InChI=1S/C13H18ClFN2O/c1-8(12(18)17-13(2,3)4)16-11-7-9(15)5-6-10(11)14/h5-8,16H,1-4H3,(H,17,18). The molecule has 0 bridgehead atoms. The van der Waals surface area contributed by atoms with E-state index in [4.69, 9.17) is 11.6 Å². The monoisotopic (exact) mass is 272 g/mol. The molecule has 1 unspecified atom stereocenters. The lowest BCUT2D eigenvalue weighted by Crippen LogP contribution is -2.47. The number of carbonyl (C=O) groups excluding carboxylic acids is 1. The van der Waals surface area contributed by atoms with Crippen molar-refractivity contribution in [3.8, 4) is 0 Å². The lowest BCUT2D eigenvalue weighted by Gasteiger charge is -2.24. The normalized spacial score (nSPS) is 13.0. The molecule has 0 aliphatic carbocycles. The van der Waals surface area contributed by atoms with E-state index in [1.807, 2.05) is 20.8 Å². The van der Waals surface area contributed by atoms with Gasteiger partial charge in [0.2, 0.25) is 5.91 Å². The summed E-state index contributed by atoms with van der Waals surface area (Å²) in [6, 6.07) is 3.49. The van der Waals surface area contributed by atoms with E-state index >= 15 is 0 Å². The van der Waals surface area contributed by atoms with Crippen LogP contribution in [0, 0.1) is 5.82 Å². The third-order valence-electron chi connectivity index (χ3n) is 2.19. The van der Waals surface area contributed by atoms with Gasteiger partial charge in [0.1, 0.15) is 11.9 Å². The van der Waals surface area contributed by atoms with Crippen LogP contribution in [-0.4, -0.2) is 17.5 Å². The van der Waals surface area contributed by atoms with Crippen LogP contribution >= 0.6 is 11.6 Å². The van der Waals surface area contributed by atoms with Gasteiger partial charge in [-0.05, 0) is 45.9 Å². The van der Waals surface area contributed by atoms with Crippen LogP contribution in [0.5, 0.6) is 0 Å². The molecule has 2 N–H and O–H groups in total. The first-order valence-corrected chi connectivity index (χ1v) is 6.10. The minimum Gasteiger partial charge on any atom is -0.373 e. The Morgan fingerprint density at radius 2 is 2.00 bits per heavy atom. The quantitative estimate of drug-likeness (QED) is 0.887. The zero-order chi connectivity index (χ0) is 13.9. The molecule has 0 aliphatic rings. The number of amides is 1. The van der Waals surface area contributed by atoms with E-state index in [0.29, 0.717) is 10.7 Å². The van der Waals surface area contributed by atoms with E-state index in [0.717, 1.165) is 0 Å². The molecular formula is C13H18ClFN2O. The maximum absolute atomic E-state index is 13.1. The van der Waals surface area contributed by atoms with E-state index in [2.05, 4.69) is 10.6 Å². The van der Waals surface area contributed by atoms with Gasteiger partial charge in [-0.1, -0.05) is 11.6 Å². The van der Waals surface area contributed by atoms with Crippen LogP contribution < -0.4 is 10.6 Å². The highest BCUT2D eigenvalue weighted by Gasteiger charge is 2.19. The average molecular weight is 273 g/mol. The van der Waals surface area contributed by atoms with Crippen molar-refractivity contribution in [2.75, 3.05) is 5.32 Å². The number of hydrogen-bond acceptors (Lipinski definition) is 2. The number of nitrogens with one attached hydrogen (secondary N) is 2. The van der Waals surface area contributed by atoms with Crippen LogP contribution in [0.4, 0.5) is 10.1 Å². The number of halogens is 2. The molecule has 1 amide bonds. The molecule has 1 rings (SSSR count). The summed E-state index contributed by atoms with van der Waals surface area (Å²) >= 11 is 5.92. The Morgan fingerprint density at radius 3 is 2.56 bits per heavy atom. The Balaban J connectivity index is 2.72. The first-order chi connectivity index (χ1) is 8.19. The lowest BCUT2D eigenvalue weighted by atomic mass is 10.1. The second-order valence-electron chi connectivity index (χ2n) is 5.23. The predicted molar refractivity (Wildman–Crippen MR) is 72.4 cm³/mol. The van der Waals surface area contributed by atoms with E-state index < -0.39 is 11.9 Å². The molecule has 0 heterocycles. The van der Waals surface area contributed by atoms with Gasteiger partial charge in [-0.15, -0.1) is 0 Å². The first-order valence-electron chi connectivity index (χ1n) is 5.72. The summed E-state index contributed by atoms with van der Waals surface area (Å²) in [7, 11) is 0. The number of anilines is 1. The minimum absolute atomic E-state index is 0.164. The third-order valence-corrected chi connectivity index (χ3v) is 2.52. The maximum atomic E-state index is 13.1. The molecule has 100 valence electrons. The van der Waals surface area contributed by atoms with E-state index in [1.54, 1.807) is 6.92 Å². The average Bonchev–Trinajstić information content (AvgIpc) is 2.21. The summed E-state index contributed by atoms with van der Waals surface area (Å²) in [4.78, 5) is 11.8. The molecule has 1 aromatic carbocycles. The van der Waals surface area contributed by atoms with Gasteiger partial charge in [0.05, 0.1) is 10.7 Å². The van der Waals surface area contributed by atoms with Crippen molar-refractivity contribution in [2.24, 2.45) is 0 Å². The Labute approximate surface area is 112 Å². The van der Waals surface area contributed by atoms with Gasteiger partial charge in [-0.3, -0.25) is 4.79 Å². The molecule has 0 spiro atoms. The second kappa shape index (κ2) is 5.57. The molecule has 1 atom stereocenters. The number of hydrogen-bond donors (Lipinski definition) is 2. The highest BCUT2D eigenvalue weighted by molar-refractivity contribution is 6.33. The Morgan fingerprint density at radius 1 is 1.39 bits per heavy atom. The van der Waals surface area contributed by atoms with Gasteiger partial charge in [0.25, 0.3) is 0 Å². The van der Waals surface area contributed by atoms with Crippen molar-refractivity contribution in [3.63, 3.8) is 0 Å². The van der Waals surface area contributed by atoms with Gasteiger partial charge in [0.15, 0.2) is 0 Å². The van der Waals surface area contributed by atoms with Crippen molar-refractivity contribution >= 4 is 23.2 Å². The Hall–Kier alpha value is -1.29. The highest BCUT2D eigenvalue weighted by Crippen LogP contribution is 2.23. The van der Waals surface area contributed by atoms with Crippen LogP contribution in [0.25, 0.3) is 0 Å². The molecule has 0 saturated heterocycles. The van der Waals surface area contributed by atoms with Crippen LogP contribution in [-0.2, 0) is 4.79 Å². The van der Waals surface area contributed by atoms with Gasteiger partial charge in [-0.2, -0.15) is 0 Å². The topological polar surface area (TPSA) is 41.1 Å². The van der Waals surface area contributed by atoms with Gasteiger partial charge in [0, 0.05) is 5.54 Å². The molecule has 0 radical (unpaired) electrons. The summed E-state index contributed by atoms with van der Waals surface area (Å²) in [5, 5.41) is 6.11. The van der Waals surface area contributed by atoms with E-state index in [-0.39, 0.29) is 11.4 Å². The van der Waals surface area contributed by atoms with Crippen molar-refractivity contribution in [1.29, 1.82) is 0 Å². The van der Waals surface area contributed by atoms with Crippen molar-refractivity contribution < 1.29 is 9.18 Å². The maximum Gasteiger partial charge on any atom is 0.242 e. The fourth-order valence-corrected chi connectivity index (χ4v) is 1.56. The molecular weight excluding hydrogens is 255 g/mol. The van der Waals surface area contributed by atoms with Crippen molar-refractivity contribution in [1.82, 2.24) is 5.32 Å². The van der Waals surface area contributed by atoms with Gasteiger partial charge in [-0.25, -0.2) is 4.39 Å². The Bertz CT molecular complexity index is 443. The SMILES string of the molecule is CC(Nc1cc(F)ccc1Cl)C(=O)NC(C)(C)C. The summed E-state index contributed by atoms with van der Waals surface area (Å²) in [6.45, 7) is 7.38. The fraction of sp³-hybridized carbons (Fsp3) is 0.462. The first kappa shape index (κ1) is 14.8. The van der Waals surface area contributed by atoms with Crippen LogP contribution in [0.15, 0.2) is 18.2 Å². The molecule has 0 aromatic heterocycles. The predicted octanol–water partition coefficient (Wildman–Crippen LogP) is 3.19. The van der Waals surface area contributed by atoms with Gasteiger partial charge < -0.3 is 10.6 Å².